The number of carboxylic acids is 1. The van der Waals surface area contributed by atoms with Crippen molar-refractivity contribution >= 4 is 11.9 Å². The van der Waals surface area contributed by atoms with E-state index >= 15 is 0 Å². The zero-order chi connectivity index (χ0) is 13.7. The number of hydrogen-bond acceptors (Lipinski definition) is 3. The van der Waals surface area contributed by atoms with Crippen LogP contribution in [0.4, 0.5) is 0 Å². The molecule has 0 fully saturated rings. The molecule has 0 bridgehead atoms. The van der Waals surface area contributed by atoms with E-state index in [9.17, 15) is 14.7 Å². The maximum atomic E-state index is 11.2. The molecule has 0 heterocycles. The van der Waals surface area contributed by atoms with Gasteiger partial charge in [-0.25, -0.2) is 0 Å². The van der Waals surface area contributed by atoms with E-state index in [2.05, 4.69) is 0 Å². The first-order valence-corrected chi connectivity index (χ1v) is 5.91. The highest BCUT2D eigenvalue weighted by Gasteiger charge is 2.20. The average molecular weight is 250 g/mol. The number of rotatable bonds is 5. The quantitative estimate of drug-likeness (QED) is 0.644. The Balaban J connectivity index is 2.86. The molecular weight excluding hydrogens is 232 g/mol. The van der Waals surface area contributed by atoms with Crippen LogP contribution in [0, 0.1) is 5.92 Å². The number of benzene rings is 1. The Hall–Kier alpha value is -1.84. The summed E-state index contributed by atoms with van der Waals surface area (Å²) in [6.07, 6.45) is 0.586. The zero-order valence-electron chi connectivity index (χ0n) is 10.8. The maximum Gasteiger partial charge on any atom is 0.310 e. The highest BCUT2D eigenvalue weighted by atomic mass is 16.5. The molecule has 1 N–H and O–H groups in total. The third-order valence-corrected chi connectivity index (χ3v) is 2.55. The summed E-state index contributed by atoms with van der Waals surface area (Å²) < 4.78 is 4.90. The Morgan fingerprint density at radius 1 is 1.22 bits per heavy atom. The molecule has 4 heteroatoms. The first-order chi connectivity index (χ1) is 8.40. The van der Waals surface area contributed by atoms with Crippen molar-refractivity contribution in [3.8, 4) is 5.75 Å². The van der Waals surface area contributed by atoms with E-state index < -0.39 is 11.9 Å². The van der Waals surface area contributed by atoms with Crippen molar-refractivity contribution < 1.29 is 19.4 Å². The van der Waals surface area contributed by atoms with Crippen LogP contribution in [0.5, 0.6) is 5.75 Å². The maximum absolute atomic E-state index is 11.2. The molecule has 0 saturated heterocycles. The Kier molecular flexibility index (Phi) is 4.89. The molecule has 0 aliphatic heterocycles. The number of esters is 1. The molecule has 1 rings (SSSR count). The Morgan fingerprint density at radius 3 is 2.17 bits per heavy atom. The fourth-order valence-corrected chi connectivity index (χ4v) is 1.79. The molecule has 1 aromatic carbocycles. The smallest absolute Gasteiger partial charge is 0.310 e. The van der Waals surface area contributed by atoms with Gasteiger partial charge in [0.05, 0.1) is 5.92 Å². The zero-order valence-corrected chi connectivity index (χ0v) is 10.8. The topological polar surface area (TPSA) is 63.6 Å². The molecule has 0 spiro atoms. The molecule has 0 amide bonds. The molecule has 0 radical (unpaired) electrons. The van der Waals surface area contributed by atoms with Crippen LogP contribution in [-0.2, 0) is 9.59 Å². The molecule has 1 aromatic rings. The van der Waals surface area contributed by atoms with Crippen LogP contribution in [0.15, 0.2) is 24.3 Å². The third kappa shape index (κ3) is 4.20. The second kappa shape index (κ2) is 6.19. The lowest BCUT2D eigenvalue weighted by Crippen LogP contribution is -2.14. The van der Waals surface area contributed by atoms with E-state index in [1.165, 1.54) is 6.92 Å². The van der Waals surface area contributed by atoms with Crippen LogP contribution in [0.1, 0.15) is 38.7 Å². The second-order valence-electron chi connectivity index (χ2n) is 4.68. The van der Waals surface area contributed by atoms with Crippen molar-refractivity contribution in [2.24, 2.45) is 5.92 Å². The standard InChI is InChI=1S/C14H18O4/c1-9(2)8-13(14(16)17)11-4-6-12(7-5-11)18-10(3)15/h4-7,9,13H,8H2,1-3H3,(H,16,17)/t13-/m1/s1. The second-order valence-corrected chi connectivity index (χ2v) is 4.68. The lowest BCUT2D eigenvalue weighted by molar-refractivity contribution is -0.139. The van der Waals surface area contributed by atoms with Crippen molar-refractivity contribution in [2.75, 3.05) is 0 Å². The van der Waals surface area contributed by atoms with E-state index in [0.29, 0.717) is 18.1 Å². The first kappa shape index (κ1) is 14.2. The molecule has 18 heavy (non-hydrogen) atoms. The van der Waals surface area contributed by atoms with Gasteiger partial charge >= 0.3 is 11.9 Å². The van der Waals surface area contributed by atoms with Gasteiger partial charge < -0.3 is 9.84 Å². The van der Waals surface area contributed by atoms with Crippen molar-refractivity contribution in [1.82, 2.24) is 0 Å². The normalized spacial score (nSPS) is 12.2. The number of carbonyl (C=O) groups excluding carboxylic acids is 1. The molecular formula is C14H18O4. The Bertz CT molecular complexity index is 420. The lowest BCUT2D eigenvalue weighted by Gasteiger charge is -2.15. The molecule has 0 aromatic heterocycles. The fourth-order valence-electron chi connectivity index (χ4n) is 1.79. The minimum absolute atomic E-state index is 0.305. The van der Waals surface area contributed by atoms with E-state index in [1.807, 2.05) is 13.8 Å². The predicted octanol–water partition coefficient (Wildman–Crippen LogP) is 2.83. The lowest BCUT2D eigenvalue weighted by atomic mass is 9.90. The van der Waals surface area contributed by atoms with Gasteiger partial charge in [-0.15, -0.1) is 0 Å². The van der Waals surface area contributed by atoms with E-state index in [0.717, 1.165) is 5.56 Å². The van der Waals surface area contributed by atoms with Gasteiger partial charge in [0.1, 0.15) is 5.75 Å². The van der Waals surface area contributed by atoms with Crippen LogP contribution < -0.4 is 4.74 Å². The Labute approximate surface area is 107 Å². The molecule has 0 aliphatic carbocycles. The van der Waals surface area contributed by atoms with Gasteiger partial charge in [-0.1, -0.05) is 26.0 Å². The van der Waals surface area contributed by atoms with Crippen LogP contribution in [-0.4, -0.2) is 17.0 Å². The van der Waals surface area contributed by atoms with Gasteiger partial charge in [0.25, 0.3) is 0 Å². The van der Waals surface area contributed by atoms with Crippen LogP contribution in [0.2, 0.25) is 0 Å². The summed E-state index contributed by atoms with van der Waals surface area (Å²) in [6.45, 7) is 5.30. The molecule has 0 saturated carbocycles. The summed E-state index contributed by atoms with van der Waals surface area (Å²) in [5, 5.41) is 9.20. The summed E-state index contributed by atoms with van der Waals surface area (Å²) in [5.41, 5.74) is 0.729. The van der Waals surface area contributed by atoms with Crippen LogP contribution in [0.3, 0.4) is 0 Å². The number of hydrogen-bond donors (Lipinski definition) is 1. The Morgan fingerprint density at radius 2 is 1.78 bits per heavy atom. The summed E-state index contributed by atoms with van der Waals surface area (Å²) in [5.74, 6) is -1.00. The summed E-state index contributed by atoms with van der Waals surface area (Å²) in [6, 6.07) is 6.62. The minimum Gasteiger partial charge on any atom is -0.481 e. The van der Waals surface area contributed by atoms with E-state index in [1.54, 1.807) is 24.3 Å². The van der Waals surface area contributed by atoms with Gasteiger partial charge in [-0.05, 0) is 30.0 Å². The summed E-state index contributed by atoms with van der Waals surface area (Å²) >= 11 is 0. The van der Waals surface area contributed by atoms with Crippen molar-refractivity contribution in [3.05, 3.63) is 29.8 Å². The fraction of sp³-hybridized carbons (Fsp3) is 0.429. The monoisotopic (exact) mass is 250 g/mol. The number of ether oxygens (including phenoxy) is 1. The SMILES string of the molecule is CC(=O)Oc1ccc([C@@H](CC(C)C)C(=O)O)cc1. The molecule has 98 valence electrons. The van der Waals surface area contributed by atoms with E-state index in [-0.39, 0.29) is 5.97 Å². The van der Waals surface area contributed by atoms with Crippen molar-refractivity contribution in [2.45, 2.75) is 33.1 Å². The van der Waals surface area contributed by atoms with Crippen LogP contribution in [0.25, 0.3) is 0 Å². The van der Waals surface area contributed by atoms with E-state index in [4.69, 9.17) is 4.74 Å². The number of aliphatic carboxylic acids is 1. The highest BCUT2D eigenvalue weighted by Crippen LogP contribution is 2.26. The molecule has 1 atom stereocenters. The van der Waals surface area contributed by atoms with Gasteiger partial charge in [0.15, 0.2) is 0 Å². The number of carbonyl (C=O) groups is 2. The largest absolute Gasteiger partial charge is 0.481 e. The average Bonchev–Trinajstić information content (AvgIpc) is 2.26. The third-order valence-electron chi connectivity index (χ3n) is 2.55. The van der Waals surface area contributed by atoms with Crippen molar-refractivity contribution in [3.63, 3.8) is 0 Å². The number of carboxylic acid groups (broad SMARTS) is 1. The molecule has 0 unspecified atom stereocenters. The van der Waals surface area contributed by atoms with Gasteiger partial charge in [0.2, 0.25) is 0 Å². The van der Waals surface area contributed by atoms with Crippen LogP contribution >= 0.6 is 0 Å². The summed E-state index contributed by atoms with van der Waals surface area (Å²) in [4.78, 5) is 22.0. The van der Waals surface area contributed by atoms with Crippen molar-refractivity contribution in [1.29, 1.82) is 0 Å². The highest BCUT2D eigenvalue weighted by molar-refractivity contribution is 5.76. The predicted molar refractivity (Wildman–Crippen MR) is 67.6 cm³/mol. The summed E-state index contributed by atoms with van der Waals surface area (Å²) in [7, 11) is 0. The minimum atomic E-state index is -0.830. The first-order valence-electron chi connectivity index (χ1n) is 5.91. The van der Waals surface area contributed by atoms with Gasteiger partial charge in [-0.3, -0.25) is 9.59 Å². The van der Waals surface area contributed by atoms with Gasteiger partial charge in [-0.2, -0.15) is 0 Å². The van der Waals surface area contributed by atoms with Gasteiger partial charge in [0, 0.05) is 6.92 Å². The molecule has 4 nitrogen and oxygen atoms in total. The molecule has 0 aliphatic rings.